The Bertz CT molecular complexity index is 347. The van der Waals surface area contributed by atoms with Crippen LogP contribution in [0.2, 0.25) is 0 Å². The summed E-state index contributed by atoms with van der Waals surface area (Å²) in [6, 6.07) is 5.79. The average Bonchev–Trinajstić information content (AvgIpc) is 2.09. The van der Waals surface area contributed by atoms with E-state index in [4.69, 9.17) is 16.3 Å². The quantitative estimate of drug-likeness (QED) is 0.721. The number of aryl methyl sites for hydroxylation is 2. The lowest BCUT2D eigenvalue weighted by atomic mass is 10.1. The Morgan fingerprint density at radius 2 is 2.07 bits per heavy atom. The van der Waals surface area contributed by atoms with Gasteiger partial charge in [0.05, 0.1) is 0 Å². The van der Waals surface area contributed by atoms with E-state index in [9.17, 15) is 4.79 Å². The molecule has 1 aromatic rings. The van der Waals surface area contributed by atoms with Crippen molar-refractivity contribution in [2.24, 2.45) is 0 Å². The highest BCUT2D eigenvalue weighted by atomic mass is 35.5. The van der Waals surface area contributed by atoms with Gasteiger partial charge in [-0.05, 0) is 44.0 Å². The predicted molar refractivity (Wildman–Crippen MR) is 56.9 cm³/mol. The maximum Gasteiger partial charge on any atom is 0.262 e. The molecule has 14 heavy (non-hydrogen) atoms. The van der Waals surface area contributed by atoms with Gasteiger partial charge in [-0.1, -0.05) is 17.7 Å². The molecule has 0 fully saturated rings. The molecule has 1 atom stereocenters. The molecule has 0 aliphatic heterocycles. The van der Waals surface area contributed by atoms with E-state index < -0.39 is 11.3 Å². The van der Waals surface area contributed by atoms with Crippen LogP contribution in [0, 0.1) is 13.8 Å². The topological polar surface area (TPSA) is 26.3 Å². The molecule has 0 N–H and O–H groups in total. The minimum Gasteiger partial charge on any atom is -0.481 e. The van der Waals surface area contributed by atoms with Crippen molar-refractivity contribution in [3.8, 4) is 5.75 Å². The van der Waals surface area contributed by atoms with Gasteiger partial charge in [0, 0.05) is 0 Å². The Morgan fingerprint density at radius 1 is 1.43 bits per heavy atom. The second kappa shape index (κ2) is 4.47. The molecule has 0 aromatic heterocycles. The molecule has 0 aliphatic carbocycles. The van der Waals surface area contributed by atoms with Crippen molar-refractivity contribution in [3.05, 3.63) is 29.3 Å². The summed E-state index contributed by atoms with van der Waals surface area (Å²) in [6.07, 6.45) is -0.599. The fourth-order valence-corrected chi connectivity index (χ4v) is 1.21. The monoisotopic (exact) mass is 212 g/mol. The number of benzene rings is 1. The third-order valence-corrected chi connectivity index (χ3v) is 2.26. The third kappa shape index (κ3) is 2.74. The summed E-state index contributed by atoms with van der Waals surface area (Å²) in [4.78, 5) is 10.8. The molecule has 2 nitrogen and oxygen atoms in total. The number of halogens is 1. The molecule has 76 valence electrons. The molecule has 3 heteroatoms. The van der Waals surface area contributed by atoms with Crippen LogP contribution in [0.5, 0.6) is 5.75 Å². The number of hydrogen-bond acceptors (Lipinski definition) is 2. The minimum absolute atomic E-state index is 0.482. The zero-order valence-corrected chi connectivity index (χ0v) is 9.26. The molecule has 0 aliphatic rings. The molecule has 0 saturated carbocycles. The average molecular weight is 213 g/mol. The van der Waals surface area contributed by atoms with Crippen molar-refractivity contribution < 1.29 is 9.53 Å². The van der Waals surface area contributed by atoms with Crippen LogP contribution >= 0.6 is 11.6 Å². The lowest BCUT2D eigenvalue weighted by Crippen LogP contribution is -2.19. The standard InChI is InChI=1S/C11H13ClO2/c1-7-4-5-10(8(2)6-7)14-9(3)11(12)13/h4-6,9H,1-3H3/t9-/m0/s1. The van der Waals surface area contributed by atoms with Crippen LogP contribution in [0.15, 0.2) is 18.2 Å². The minimum atomic E-state index is -0.599. The van der Waals surface area contributed by atoms with Crippen LogP contribution < -0.4 is 4.74 Å². The van der Waals surface area contributed by atoms with Gasteiger partial charge in [0.25, 0.3) is 5.24 Å². The van der Waals surface area contributed by atoms with Gasteiger partial charge in [-0.25, -0.2) is 0 Å². The zero-order chi connectivity index (χ0) is 10.7. The summed E-state index contributed by atoms with van der Waals surface area (Å²) >= 11 is 5.30. The van der Waals surface area contributed by atoms with E-state index in [1.165, 1.54) is 5.56 Å². The normalized spacial score (nSPS) is 12.3. The van der Waals surface area contributed by atoms with E-state index in [-0.39, 0.29) is 0 Å². The first-order valence-electron chi connectivity index (χ1n) is 4.44. The fourth-order valence-electron chi connectivity index (χ4n) is 1.17. The van der Waals surface area contributed by atoms with Crippen molar-refractivity contribution in [1.82, 2.24) is 0 Å². The van der Waals surface area contributed by atoms with E-state index in [2.05, 4.69) is 0 Å². The Hall–Kier alpha value is -1.02. The molecule has 1 aromatic carbocycles. The SMILES string of the molecule is Cc1ccc(O[C@@H](C)C(=O)Cl)c(C)c1. The Labute approximate surface area is 88.8 Å². The Kier molecular flexibility index (Phi) is 3.53. The van der Waals surface area contributed by atoms with Crippen LogP contribution in [0.1, 0.15) is 18.1 Å². The second-order valence-electron chi connectivity index (χ2n) is 3.33. The molecule has 1 rings (SSSR count). The highest BCUT2D eigenvalue weighted by molar-refractivity contribution is 6.64. The Morgan fingerprint density at radius 3 is 2.57 bits per heavy atom. The van der Waals surface area contributed by atoms with E-state index in [1.54, 1.807) is 6.92 Å². The number of ether oxygens (including phenoxy) is 1. The number of carbonyl (C=O) groups is 1. The fraction of sp³-hybridized carbons (Fsp3) is 0.364. The van der Waals surface area contributed by atoms with Crippen LogP contribution in [-0.2, 0) is 4.79 Å². The first kappa shape index (κ1) is 11.1. The molecule has 0 radical (unpaired) electrons. The number of hydrogen-bond donors (Lipinski definition) is 0. The third-order valence-electron chi connectivity index (χ3n) is 1.95. The maximum absolute atomic E-state index is 10.8. The van der Waals surface area contributed by atoms with Gasteiger partial charge in [-0.3, -0.25) is 4.79 Å². The van der Waals surface area contributed by atoms with Crippen molar-refractivity contribution in [1.29, 1.82) is 0 Å². The first-order valence-corrected chi connectivity index (χ1v) is 4.81. The highest BCUT2D eigenvalue weighted by Gasteiger charge is 2.12. The molecule has 0 amide bonds. The summed E-state index contributed by atoms with van der Waals surface area (Å²) in [5.74, 6) is 0.706. The molecular weight excluding hydrogens is 200 g/mol. The molecule has 0 bridgehead atoms. The van der Waals surface area contributed by atoms with Gasteiger partial charge < -0.3 is 4.74 Å². The van der Waals surface area contributed by atoms with Crippen LogP contribution in [0.3, 0.4) is 0 Å². The maximum atomic E-state index is 10.8. The van der Waals surface area contributed by atoms with Gasteiger partial charge in [0.15, 0.2) is 6.10 Å². The molecule has 0 heterocycles. The van der Waals surface area contributed by atoms with E-state index >= 15 is 0 Å². The van der Waals surface area contributed by atoms with E-state index in [0.717, 1.165) is 5.56 Å². The van der Waals surface area contributed by atoms with Gasteiger partial charge >= 0.3 is 0 Å². The van der Waals surface area contributed by atoms with Gasteiger partial charge in [0.1, 0.15) is 5.75 Å². The van der Waals surface area contributed by atoms with Crippen LogP contribution in [0.4, 0.5) is 0 Å². The zero-order valence-electron chi connectivity index (χ0n) is 8.50. The van der Waals surface area contributed by atoms with Crippen molar-refractivity contribution in [2.45, 2.75) is 26.9 Å². The second-order valence-corrected chi connectivity index (χ2v) is 3.71. The first-order chi connectivity index (χ1) is 6.50. The highest BCUT2D eigenvalue weighted by Crippen LogP contribution is 2.20. The molecule has 0 unspecified atom stereocenters. The smallest absolute Gasteiger partial charge is 0.262 e. The lowest BCUT2D eigenvalue weighted by molar-refractivity contribution is -0.117. The van der Waals surface area contributed by atoms with Gasteiger partial charge in [-0.15, -0.1) is 0 Å². The van der Waals surface area contributed by atoms with Crippen LogP contribution in [0.25, 0.3) is 0 Å². The summed E-state index contributed by atoms with van der Waals surface area (Å²) < 4.78 is 5.38. The van der Waals surface area contributed by atoms with Gasteiger partial charge in [0.2, 0.25) is 0 Å². The van der Waals surface area contributed by atoms with E-state index in [1.807, 2.05) is 32.0 Å². The van der Waals surface area contributed by atoms with Crippen molar-refractivity contribution >= 4 is 16.8 Å². The van der Waals surface area contributed by atoms with E-state index in [0.29, 0.717) is 5.75 Å². The van der Waals surface area contributed by atoms with Gasteiger partial charge in [-0.2, -0.15) is 0 Å². The molecular formula is C11H13ClO2. The summed E-state index contributed by atoms with van der Waals surface area (Å²) in [7, 11) is 0. The van der Waals surface area contributed by atoms with Crippen molar-refractivity contribution in [2.75, 3.05) is 0 Å². The van der Waals surface area contributed by atoms with Crippen molar-refractivity contribution in [3.63, 3.8) is 0 Å². The summed E-state index contributed by atoms with van der Waals surface area (Å²) in [5.41, 5.74) is 2.18. The predicted octanol–water partition coefficient (Wildman–Crippen LogP) is 2.84. The lowest BCUT2D eigenvalue weighted by Gasteiger charge is -2.12. The number of rotatable bonds is 3. The summed E-state index contributed by atoms with van der Waals surface area (Å²) in [6.45, 7) is 5.58. The molecule has 0 saturated heterocycles. The largest absolute Gasteiger partial charge is 0.481 e. The summed E-state index contributed by atoms with van der Waals surface area (Å²) in [5, 5.41) is -0.482. The molecule has 0 spiro atoms. The van der Waals surface area contributed by atoms with Crippen LogP contribution in [-0.4, -0.2) is 11.3 Å². The Balaban J connectivity index is 2.82. The number of carbonyl (C=O) groups excluding carboxylic acids is 1.